The van der Waals surface area contributed by atoms with Crippen LogP contribution >= 0.6 is 0 Å². The van der Waals surface area contributed by atoms with E-state index in [1.54, 1.807) is 24.4 Å². The van der Waals surface area contributed by atoms with E-state index < -0.39 is 9.84 Å². The molecule has 0 aliphatic heterocycles. The van der Waals surface area contributed by atoms with Gasteiger partial charge in [0, 0.05) is 42.5 Å². The molecule has 3 aromatic rings. The van der Waals surface area contributed by atoms with Crippen LogP contribution < -0.4 is 10.3 Å². The van der Waals surface area contributed by atoms with Gasteiger partial charge in [-0.05, 0) is 68.0 Å². The van der Waals surface area contributed by atoms with Crippen molar-refractivity contribution in [2.24, 2.45) is 0 Å². The number of ether oxygens (including phenoxy) is 1. The van der Waals surface area contributed by atoms with E-state index in [0.29, 0.717) is 17.4 Å². The van der Waals surface area contributed by atoms with Crippen molar-refractivity contribution in [2.75, 3.05) is 6.26 Å². The van der Waals surface area contributed by atoms with Crippen molar-refractivity contribution < 1.29 is 13.2 Å². The molecule has 1 fully saturated rings. The van der Waals surface area contributed by atoms with Crippen molar-refractivity contribution >= 4 is 9.84 Å². The first kappa shape index (κ1) is 23.2. The Morgan fingerprint density at radius 3 is 2.27 bits per heavy atom. The summed E-state index contributed by atoms with van der Waals surface area (Å²) in [5, 5.41) is 0. The summed E-state index contributed by atoms with van der Waals surface area (Å²) in [6.45, 7) is 2.15. The molecule has 4 rings (SSSR count). The fourth-order valence-electron chi connectivity index (χ4n) is 4.23. The van der Waals surface area contributed by atoms with E-state index in [9.17, 15) is 13.2 Å². The molecule has 33 heavy (non-hydrogen) atoms. The van der Waals surface area contributed by atoms with E-state index in [0.717, 1.165) is 50.6 Å². The van der Waals surface area contributed by atoms with E-state index in [1.165, 1.54) is 28.3 Å². The number of benzene rings is 1. The molecule has 8 heteroatoms. The van der Waals surface area contributed by atoms with Crippen LogP contribution in [0.3, 0.4) is 0 Å². The monoisotopic (exact) mass is 467 g/mol. The van der Waals surface area contributed by atoms with Gasteiger partial charge in [0.15, 0.2) is 9.84 Å². The van der Waals surface area contributed by atoms with Crippen LogP contribution in [0.2, 0.25) is 0 Å². The molecular formula is C25H29N3O4S. The van der Waals surface area contributed by atoms with Gasteiger partial charge in [-0.3, -0.25) is 9.36 Å². The zero-order valence-electron chi connectivity index (χ0n) is 19.0. The molecule has 0 saturated heterocycles. The lowest BCUT2D eigenvalue weighted by Gasteiger charge is -2.28. The van der Waals surface area contributed by atoms with Crippen molar-refractivity contribution in [2.45, 2.75) is 62.4 Å². The second kappa shape index (κ2) is 9.87. The minimum absolute atomic E-state index is 0.0601. The number of nitrogens with zero attached hydrogens (tertiary/aromatic N) is 3. The lowest BCUT2D eigenvalue weighted by Crippen LogP contribution is -2.25. The third-order valence-corrected chi connectivity index (χ3v) is 7.17. The van der Waals surface area contributed by atoms with Crippen molar-refractivity contribution in [3.05, 3.63) is 76.7 Å². The Morgan fingerprint density at radius 2 is 1.70 bits per heavy atom. The van der Waals surface area contributed by atoms with Crippen LogP contribution in [0, 0.1) is 0 Å². The third-order valence-electron chi connectivity index (χ3n) is 6.04. The summed E-state index contributed by atoms with van der Waals surface area (Å²) in [6.07, 6.45) is 12.6. The summed E-state index contributed by atoms with van der Waals surface area (Å²) in [7, 11) is -3.28. The fraction of sp³-hybridized carbons (Fsp3) is 0.400. The van der Waals surface area contributed by atoms with Crippen molar-refractivity contribution in [3.63, 3.8) is 0 Å². The number of hydrogen-bond acceptors (Lipinski definition) is 6. The average molecular weight is 468 g/mol. The summed E-state index contributed by atoms with van der Waals surface area (Å²) >= 11 is 0. The molecule has 0 amide bonds. The average Bonchev–Trinajstić information content (AvgIpc) is 2.80. The van der Waals surface area contributed by atoms with Gasteiger partial charge in [0.2, 0.25) is 0 Å². The Hall–Kier alpha value is -3.00. The molecule has 1 aliphatic rings. The van der Waals surface area contributed by atoms with Gasteiger partial charge < -0.3 is 4.74 Å². The molecule has 0 spiro atoms. The molecule has 0 N–H and O–H groups in total. The zero-order chi connectivity index (χ0) is 23.4. The summed E-state index contributed by atoms with van der Waals surface area (Å²) in [4.78, 5) is 22.0. The number of aryl methyl sites for hydroxylation is 1. The van der Waals surface area contributed by atoms with Gasteiger partial charge >= 0.3 is 0 Å². The second-order valence-electron chi connectivity index (χ2n) is 8.63. The van der Waals surface area contributed by atoms with Crippen molar-refractivity contribution in [1.29, 1.82) is 0 Å². The summed E-state index contributed by atoms with van der Waals surface area (Å²) in [5.41, 5.74) is 1.55. The molecule has 174 valence electrons. The van der Waals surface area contributed by atoms with Crippen LogP contribution in [-0.2, 0) is 16.3 Å². The van der Waals surface area contributed by atoms with E-state index >= 15 is 0 Å². The molecule has 7 nitrogen and oxygen atoms in total. The Balaban J connectivity index is 1.36. The first-order chi connectivity index (χ1) is 15.8. The molecule has 0 atom stereocenters. The molecule has 2 aromatic heterocycles. The Morgan fingerprint density at radius 1 is 1.03 bits per heavy atom. The number of aromatic nitrogens is 3. The quantitative estimate of drug-likeness (QED) is 0.520. The number of hydrogen-bond donors (Lipinski definition) is 0. The summed E-state index contributed by atoms with van der Waals surface area (Å²) in [5.74, 6) is 1.81. The van der Waals surface area contributed by atoms with Crippen LogP contribution in [0.15, 0.2) is 64.7 Å². The molecule has 0 radical (unpaired) electrons. The first-order valence-electron chi connectivity index (χ1n) is 11.3. The molecule has 1 aliphatic carbocycles. The van der Waals surface area contributed by atoms with E-state index in [1.807, 2.05) is 12.4 Å². The predicted molar refractivity (Wildman–Crippen MR) is 127 cm³/mol. The van der Waals surface area contributed by atoms with Crippen LogP contribution in [0.1, 0.15) is 56.3 Å². The smallest absolute Gasteiger partial charge is 0.258 e. The Labute approximate surface area is 194 Å². The van der Waals surface area contributed by atoms with Gasteiger partial charge in [-0.15, -0.1) is 0 Å². The molecular weight excluding hydrogens is 438 g/mol. The molecule has 1 aromatic carbocycles. The number of rotatable bonds is 7. The topological polar surface area (TPSA) is 91.2 Å². The van der Waals surface area contributed by atoms with Gasteiger partial charge in [0.05, 0.1) is 11.0 Å². The minimum atomic E-state index is -3.28. The molecule has 1 saturated carbocycles. The Bertz CT molecular complexity index is 1240. The van der Waals surface area contributed by atoms with Crippen LogP contribution in [0.5, 0.6) is 5.75 Å². The molecule has 2 heterocycles. The van der Waals surface area contributed by atoms with Crippen molar-refractivity contribution in [3.8, 4) is 11.4 Å². The van der Waals surface area contributed by atoms with E-state index in [-0.39, 0.29) is 16.6 Å². The number of pyridine rings is 1. The zero-order valence-corrected chi connectivity index (χ0v) is 19.8. The highest BCUT2D eigenvalue weighted by molar-refractivity contribution is 7.90. The van der Waals surface area contributed by atoms with Gasteiger partial charge in [-0.1, -0.05) is 13.3 Å². The SMILES string of the molecule is CCCc1cnc([C@H]2CC[C@H](Oc3ccn(-c4ccc(S(C)(=O)=O)cc4)c(=O)c3)CC2)nc1. The van der Waals surface area contributed by atoms with Gasteiger partial charge in [-0.25, -0.2) is 18.4 Å². The van der Waals surface area contributed by atoms with Crippen LogP contribution in [-0.4, -0.2) is 35.3 Å². The van der Waals surface area contributed by atoms with Gasteiger partial charge in [0.25, 0.3) is 5.56 Å². The highest BCUT2D eigenvalue weighted by Crippen LogP contribution is 2.32. The van der Waals surface area contributed by atoms with Crippen LogP contribution in [0.4, 0.5) is 0 Å². The third kappa shape index (κ3) is 5.68. The Kier molecular flexibility index (Phi) is 6.93. The maximum atomic E-state index is 12.6. The summed E-state index contributed by atoms with van der Waals surface area (Å²) < 4.78 is 30.8. The number of sulfone groups is 1. The normalized spacial score (nSPS) is 18.7. The van der Waals surface area contributed by atoms with Gasteiger partial charge in [-0.2, -0.15) is 0 Å². The highest BCUT2D eigenvalue weighted by Gasteiger charge is 2.25. The van der Waals surface area contributed by atoms with E-state index in [2.05, 4.69) is 16.9 Å². The minimum Gasteiger partial charge on any atom is -0.490 e. The largest absolute Gasteiger partial charge is 0.490 e. The maximum Gasteiger partial charge on any atom is 0.258 e. The molecule has 0 unspecified atom stereocenters. The molecule has 0 bridgehead atoms. The highest BCUT2D eigenvalue weighted by atomic mass is 32.2. The maximum absolute atomic E-state index is 12.6. The lowest BCUT2D eigenvalue weighted by molar-refractivity contribution is 0.144. The van der Waals surface area contributed by atoms with Gasteiger partial charge in [0.1, 0.15) is 11.6 Å². The van der Waals surface area contributed by atoms with Crippen LogP contribution in [0.25, 0.3) is 5.69 Å². The standard InChI is InChI=1S/C25H29N3O4S/c1-3-4-18-16-26-25(27-17-18)19-5-9-21(10-6-19)32-22-13-14-28(24(29)15-22)20-7-11-23(12-8-20)33(2,30)31/h7-8,11-17,19,21H,3-6,9-10H2,1-2H3/t19-,21-. The lowest BCUT2D eigenvalue weighted by atomic mass is 9.86. The summed E-state index contributed by atoms with van der Waals surface area (Å²) in [6, 6.07) is 9.49. The van der Waals surface area contributed by atoms with Crippen molar-refractivity contribution in [1.82, 2.24) is 14.5 Å². The predicted octanol–water partition coefficient (Wildman–Crippen LogP) is 4.09. The fourth-order valence-corrected chi connectivity index (χ4v) is 4.86. The second-order valence-corrected chi connectivity index (χ2v) is 10.6. The first-order valence-corrected chi connectivity index (χ1v) is 13.2. The van der Waals surface area contributed by atoms with E-state index in [4.69, 9.17) is 4.74 Å².